The standard InChI is InChI=1S/C12H24N2O4S/c1-12(2,3)14(11(15)16)10-7-5-9(6-8-10)13-19(4,17)18/h9-10,13H,5-8H2,1-4H3,(H,15,16). The van der Waals surface area contributed by atoms with E-state index in [-0.39, 0.29) is 12.1 Å². The smallest absolute Gasteiger partial charge is 0.407 e. The van der Waals surface area contributed by atoms with Gasteiger partial charge in [-0.15, -0.1) is 0 Å². The zero-order valence-electron chi connectivity index (χ0n) is 12.0. The van der Waals surface area contributed by atoms with E-state index in [1.54, 1.807) is 0 Å². The molecule has 0 unspecified atom stereocenters. The molecular weight excluding hydrogens is 268 g/mol. The van der Waals surface area contributed by atoms with Crippen LogP contribution in [-0.4, -0.2) is 48.4 Å². The number of carbonyl (C=O) groups is 1. The highest BCUT2D eigenvalue weighted by atomic mass is 32.2. The van der Waals surface area contributed by atoms with Crippen molar-refractivity contribution in [2.75, 3.05) is 6.26 Å². The Kier molecular flexibility index (Phi) is 4.84. The summed E-state index contributed by atoms with van der Waals surface area (Å²) in [6.45, 7) is 5.63. The van der Waals surface area contributed by atoms with Crippen molar-refractivity contribution in [1.82, 2.24) is 9.62 Å². The normalized spacial score (nSPS) is 25.1. The van der Waals surface area contributed by atoms with E-state index in [0.29, 0.717) is 25.7 Å². The van der Waals surface area contributed by atoms with Crippen molar-refractivity contribution in [1.29, 1.82) is 0 Å². The minimum Gasteiger partial charge on any atom is -0.465 e. The van der Waals surface area contributed by atoms with Crippen LogP contribution in [0.4, 0.5) is 4.79 Å². The molecule has 0 aromatic carbocycles. The number of amides is 1. The minimum atomic E-state index is -3.19. The molecule has 1 fully saturated rings. The van der Waals surface area contributed by atoms with Crippen LogP contribution in [0, 0.1) is 0 Å². The van der Waals surface area contributed by atoms with Crippen LogP contribution in [0.15, 0.2) is 0 Å². The van der Waals surface area contributed by atoms with Gasteiger partial charge in [0.15, 0.2) is 0 Å². The first-order valence-corrected chi connectivity index (χ1v) is 8.39. The SMILES string of the molecule is CC(C)(C)N(C(=O)O)C1CCC(NS(C)(=O)=O)CC1. The van der Waals surface area contributed by atoms with Crippen molar-refractivity contribution >= 4 is 16.1 Å². The van der Waals surface area contributed by atoms with Gasteiger partial charge in [-0.25, -0.2) is 17.9 Å². The maximum absolute atomic E-state index is 11.4. The Bertz CT molecular complexity index is 420. The summed E-state index contributed by atoms with van der Waals surface area (Å²) in [5, 5.41) is 9.33. The molecule has 1 saturated carbocycles. The van der Waals surface area contributed by atoms with Crippen molar-refractivity contribution in [3.63, 3.8) is 0 Å². The molecule has 2 N–H and O–H groups in total. The van der Waals surface area contributed by atoms with E-state index in [1.807, 2.05) is 20.8 Å². The molecule has 19 heavy (non-hydrogen) atoms. The molecule has 0 saturated heterocycles. The van der Waals surface area contributed by atoms with Crippen LogP contribution in [0.1, 0.15) is 46.5 Å². The Morgan fingerprint density at radius 2 is 1.68 bits per heavy atom. The zero-order valence-corrected chi connectivity index (χ0v) is 12.8. The number of rotatable bonds is 3. The number of sulfonamides is 1. The molecule has 0 aromatic heterocycles. The molecule has 0 aliphatic heterocycles. The predicted octanol–water partition coefficient (Wildman–Crippen LogP) is 1.63. The number of hydrogen-bond donors (Lipinski definition) is 2. The van der Waals surface area contributed by atoms with Gasteiger partial charge in [0.1, 0.15) is 0 Å². The lowest BCUT2D eigenvalue weighted by atomic mass is 9.88. The summed E-state index contributed by atoms with van der Waals surface area (Å²) in [6.07, 6.45) is 2.98. The van der Waals surface area contributed by atoms with Crippen LogP contribution in [-0.2, 0) is 10.0 Å². The van der Waals surface area contributed by atoms with Gasteiger partial charge in [0.25, 0.3) is 0 Å². The Morgan fingerprint density at radius 1 is 1.21 bits per heavy atom. The van der Waals surface area contributed by atoms with Crippen LogP contribution < -0.4 is 4.72 Å². The Balaban J connectivity index is 2.64. The summed E-state index contributed by atoms with van der Waals surface area (Å²) in [7, 11) is -3.19. The minimum absolute atomic E-state index is 0.0323. The lowest BCUT2D eigenvalue weighted by molar-refractivity contribution is 0.0541. The average Bonchev–Trinajstić information content (AvgIpc) is 2.15. The number of nitrogens with zero attached hydrogens (tertiary/aromatic N) is 1. The molecule has 1 aliphatic rings. The fraction of sp³-hybridized carbons (Fsp3) is 0.917. The molecule has 0 atom stereocenters. The van der Waals surface area contributed by atoms with Crippen LogP contribution >= 0.6 is 0 Å². The fourth-order valence-corrected chi connectivity index (χ4v) is 3.59. The second-order valence-electron chi connectivity index (χ2n) is 6.22. The molecule has 0 radical (unpaired) electrons. The largest absolute Gasteiger partial charge is 0.465 e. The molecule has 1 aliphatic carbocycles. The van der Waals surface area contributed by atoms with Gasteiger partial charge in [-0.1, -0.05) is 0 Å². The number of nitrogens with one attached hydrogen (secondary N) is 1. The maximum Gasteiger partial charge on any atom is 0.407 e. The fourth-order valence-electron chi connectivity index (χ4n) is 2.75. The molecule has 0 bridgehead atoms. The Morgan fingerprint density at radius 3 is 2.00 bits per heavy atom. The predicted molar refractivity (Wildman–Crippen MR) is 73.6 cm³/mol. The first-order chi connectivity index (χ1) is 8.50. The van der Waals surface area contributed by atoms with E-state index in [2.05, 4.69) is 4.72 Å². The highest BCUT2D eigenvalue weighted by molar-refractivity contribution is 7.88. The van der Waals surface area contributed by atoms with Crippen molar-refractivity contribution in [3.8, 4) is 0 Å². The van der Waals surface area contributed by atoms with Crippen molar-refractivity contribution < 1.29 is 18.3 Å². The zero-order chi connectivity index (χ0) is 14.8. The van der Waals surface area contributed by atoms with Gasteiger partial charge < -0.3 is 10.0 Å². The van der Waals surface area contributed by atoms with E-state index in [1.165, 1.54) is 4.90 Å². The molecule has 0 aromatic rings. The summed E-state index contributed by atoms with van der Waals surface area (Å²) < 4.78 is 24.9. The van der Waals surface area contributed by atoms with Crippen LogP contribution in [0.25, 0.3) is 0 Å². The summed E-state index contributed by atoms with van der Waals surface area (Å²) in [6, 6.07) is -0.100. The van der Waals surface area contributed by atoms with Gasteiger partial charge in [-0.2, -0.15) is 0 Å². The number of carboxylic acid groups (broad SMARTS) is 1. The first-order valence-electron chi connectivity index (χ1n) is 6.50. The molecule has 6 nitrogen and oxygen atoms in total. The van der Waals surface area contributed by atoms with Crippen molar-refractivity contribution in [2.45, 2.75) is 64.1 Å². The van der Waals surface area contributed by atoms with Gasteiger partial charge in [0, 0.05) is 17.6 Å². The summed E-state index contributed by atoms with van der Waals surface area (Å²) in [4.78, 5) is 12.9. The van der Waals surface area contributed by atoms with E-state index < -0.39 is 21.7 Å². The summed E-state index contributed by atoms with van der Waals surface area (Å²) in [5.41, 5.74) is -0.437. The molecule has 7 heteroatoms. The molecule has 1 amide bonds. The lowest BCUT2D eigenvalue weighted by Crippen LogP contribution is -2.53. The average molecular weight is 292 g/mol. The Hall–Kier alpha value is -0.820. The molecule has 0 spiro atoms. The van der Waals surface area contributed by atoms with Gasteiger partial charge in [0.2, 0.25) is 10.0 Å². The maximum atomic E-state index is 11.4. The lowest BCUT2D eigenvalue weighted by Gasteiger charge is -2.42. The number of hydrogen-bond acceptors (Lipinski definition) is 3. The van der Waals surface area contributed by atoms with Crippen LogP contribution in [0.3, 0.4) is 0 Å². The van der Waals surface area contributed by atoms with E-state index >= 15 is 0 Å². The quantitative estimate of drug-likeness (QED) is 0.827. The third kappa shape index (κ3) is 4.99. The molecule has 0 heterocycles. The van der Waals surface area contributed by atoms with E-state index in [0.717, 1.165) is 6.26 Å². The van der Waals surface area contributed by atoms with Gasteiger partial charge in [0.05, 0.1) is 6.26 Å². The van der Waals surface area contributed by atoms with Gasteiger partial charge in [-0.05, 0) is 46.5 Å². The first kappa shape index (κ1) is 16.2. The molecular formula is C12H24N2O4S. The monoisotopic (exact) mass is 292 g/mol. The van der Waals surface area contributed by atoms with E-state index in [4.69, 9.17) is 0 Å². The molecule has 112 valence electrons. The van der Waals surface area contributed by atoms with Gasteiger partial charge in [-0.3, -0.25) is 0 Å². The Labute approximate surface area is 115 Å². The topological polar surface area (TPSA) is 86.7 Å². The van der Waals surface area contributed by atoms with Crippen molar-refractivity contribution in [3.05, 3.63) is 0 Å². The van der Waals surface area contributed by atoms with Crippen molar-refractivity contribution in [2.24, 2.45) is 0 Å². The highest BCUT2D eigenvalue weighted by Gasteiger charge is 2.35. The van der Waals surface area contributed by atoms with Gasteiger partial charge >= 0.3 is 6.09 Å². The third-order valence-corrected chi connectivity index (χ3v) is 4.13. The highest BCUT2D eigenvalue weighted by Crippen LogP contribution is 2.28. The third-order valence-electron chi connectivity index (χ3n) is 3.37. The summed E-state index contributed by atoms with van der Waals surface area (Å²) >= 11 is 0. The second kappa shape index (κ2) is 5.66. The van der Waals surface area contributed by atoms with E-state index in [9.17, 15) is 18.3 Å². The second-order valence-corrected chi connectivity index (χ2v) is 8.00. The summed E-state index contributed by atoms with van der Waals surface area (Å²) in [5.74, 6) is 0. The van der Waals surface area contributed by atoms with Crippen LogP contribution in [0.2, 0.25) is 0 Å². The van der Waals surface area contributed by atoms with Crippen LogP contribution in [0.5, 0.6) is 0 Å². The molecule has 1 rings (SSSR count).